The van der Waals surface area contributed by atoms with E-state index in [1.54, 1.807) is 0 Å². The molecule has 0 amide bonds. The molecule has 1 aliphatic rings. The van der Waals surface area contributed by atoms with Crippen LogP contribution in [0.4, 0.5) is 0 Å². The third-order valence-corrected chi connectivity index (χ3v) is 4.93. The molecule has 2 unspecified atom stereocenters. The Bertz CT molecular complexity index is 417. The number of hydrogen-bond donors (Lipinski definition) is 1. The van der Waals surface area contributed by atoms with Gasteiger partial charge < -0.3 is 5.11 Å². The first-order valence-electron chi connectivity index (χ1n) is 7.27. The summed E-state index contributed by atoms with van der Waals surface area (Å²) in [5, 5.41) is 11.5. The topological polar surface area (TPSA) is 23.5 Å². The summed E-state index contributed by atoms with van der Waals surface area (Å²) in [6.07, 6.45) is 4.14. The maximum absolute atomic E-state index is 10.8. The van der Waals surface area contributed by atoms with Crippen LogP contribution in [0.1, 0.15) is 51.2 Å². The van der Waals surface area contributed by atoms with Gasteiger partial charge in [-0.2, -0.15) is 0 Å². The number of hydrogen-bond acceptors (Lipinski definition) is 2. The minimum absolute atomic E-state index is 0.231. The Balaban J connectivity index is 2.27. The molecule has 106 valence electrons. The molecule has 1 fully saturated rings. The minimum Gasteiger partial charge on any atom is -0.386 e. The van der Waals surface area contributed by atoms with E-state index in [1.807, 2.05) is 24.3 Å². The summed E-state index contributed by atoms with van der Waals surface area (Å²) in [5.74, 6) is 0. The highest BCUT2D eigenvalue weighted by Crippen LogP contribution is 2.38. The van der Waals surface area contributed by atoms with E-state index in [9.17, 15) is 5.11 Å². The van der Waals surface area contributed by atoms with Crippen LogP contribution in [-0.4, -0.2) is 28.6 Å². The van der Waals surface area contributed by atoms with Gasteiger partial charge in [-0.05, 0) is 45.3 Å². The van der Waals surface area contributed by atoms with Crippen molar-refractivity contribution in [3.8, 4) is 0 Å². The zero-order valence-corrected chi connectivity index (χ0v) is 12.7. The highest BCUT2D eigenvalue weighted by Gasteiger charge is 2.39. The van der Waals surface area contributed by atoms with Crippen molar-refractivity contribution in [2.75, 3.05) is 13.1 Å². The number of piperidine rings is 1. The second kappa shape index (κ2) is 6.25. The van der Waals surface area contributed by atoms with Crippen LogP contribution in [0.15, 0.2) is 24.3 Å². The van der Waals surface area contributed by atoms with Crippen LogP contribution in [0.25, 0.3) is 0 Å². The van der Waals surface area contributed by atoms with E-state index in [-0.39, 0.29) is 5.54 Å². The third-order valence-electron chi connectivity index (χ3n) is 4.58. The van der Waals surface area contributed by atoms with Crippen molar-refractivity contribution >= 4 is 11.6 Å². The van der Waals surface area contributed by atoms with E-state index in [0.29, 0.717) is 5.02 Å². The molecule has 19 heavy (non-hydrogen) atoms. The van der Waals surface area contributed by atoms with Gasteiger partial charge in [-0.25, -0.2) is 0 Å². The predicted molar refractivity (Wildman–Crippen MR) is 80.5 cm³/mol. The highest BCUT2D eigenvalue weighted by molar-refractivity contribution is 6.31. The maximum atomic E-state index is 10.8. The van der Waals surface area contributed by atoms with Gasteiger partial charge in [-0.1, -0.05) is 43.1 Å². The lowest BCUT2D eigenvalue weighted by Gasteiger charge is -2.46. The lowest BCUT2D eigenvalue weighted by atomic mass is 9.84. The molecule has 0 aliphatic carbocycles. The molecule has 0 spiro atoms. The van der Waals surface area contributed by atoms with Crippen LogP contribution in [-0.2, 0) is 0 Å². The molecule has 1 N–H and O–H groups in total. The van der Waals surface area contributed by atoms with Gasteiger partial charge in [0.25, 0.3) is 0 Å². The van der Waals surface area contributed by atoms with Crippen LogP contribution in [0.3, 0.4) is 0 Å². The van der Waals surface area contributed by atoms with Crippen molar-refractivity contribution < 1.29 is 5.11 Å². The van der Waals surface area contributed by atoms with E-state index < -0.39 is 6.10 Å². The van der Waals surface area contributed by atoms with Crippen LogP contribution >= 0.6 is 11.6 Å². The number of aliphatic hydroxyl groups excluding tert-OH is 1. The molecule has 0 radical (unpaired) electrons. The van der Waals surface area contributed by atoms with Gasteiger partial charge in [0.05, 0.1) is 6.10 Å². The largest absolute Gasteiger partial charge is 0.386 e. The Morgan fingerprint density at radius 1 is 1.26 bits per heavy atom. The monoisotopic (exact) mass is 281 g/mol. The minimum atomic E-state index is -0.538. The number of likely N-dealkylation sites (tertiary alicyclic amines) is 1. The van der Waals surface area contributed by atoms with Crippen LogP contribution in [0, 0.1) is 0 Å². The van der Waals surface area contributed by atoms with E-state index in [1.165, 1.54) is 19.3 Å². The smallest absolute Gasteiger partial charge is 0.0985 e. The average molecular weight is 282 g/mol. The summed E-state index contributed by atoms with van der Waals surface area (Å²) in [6.45, 7) is 6.46. The number of aliphatic hydroxyl groups is 1. The third kappa shape index (κ3) is 2.96. The first-order valence-corrected chi connectivity index (χ1v) is 7.65. The number of benzene rings is 1. The molecule has 1 aliphatic heterocycles. The summed E-state index contributed by atoms with van der Waals surface area (Å²) in [7, 11) is 0. The molecular formula is C16H24ClNO. The average Bonchev–Trinajstić information content (AvgIpc) is 2.47. The Morgan fingerprint density at radius 2 is 1.89 bits per heavy atom. The van der Waals surface area contributed by atoms with E-state index in [0.717, 1.165) is 25.1 Å². The molecule has 1 aromatic rings. The van der Waals surface area contributed by atoms with Crippen molar-refractivity contribution in [3.63, 3.8) is 0 Å². The quantitative estimate of drug-likeness (QED) is 0.901. The molecule has 2 rings (SSSR count). The Hall–Kier alpha value is -0.570. The number of rotatable bonds is 4. The predicted octanol–water partition coefficient (Wildman–Crippen LogP) is 4.03. The van der Waals surface area contributed by atoms with Gasteiger partial charge in [0.1, 0.15) is 0 Å². The first-order chi connectivity index (χ1) is 9.09. The van der Waals surface area contributed by atoms with Crippen molar-refractivity contribution in [2.24, 2.45) is 0 Å². The number of nitrogens with zero attached hydrogens (tertiary/aromatic N) is 1. The molecule has 2 atom stereocenters. The molecule has 0 aromatic heterocycles. The fourth-order valence-corrected chi connectivity index (χ4v) is 3.27. The fraction of sp³-hybridized carbons (Fsp3) is 0.625. The van der Waals surface area contributed by atoms with Crippen LogP contribution in [0.5, 0.6) is 0 Å². The van der Waals surface area contributed by atoms with Gasteiger partial charge in [0.15, 0.2) is 0 Å². The van der Waals surface area contributed by atoms with Gasteiger partial charge in [-0.15, -0.1) is 0 Å². The van der Waals surface area contributed by atoms with E-state index >= 15 is 0 Å². The first kappa shape index (κ1) is 14.8. The maximum Gasteiger partial charge on any atom is 0.0985 e. The molecule has 0 saturated carbocycles. The molecule has 1 saturated heterocycles. The van der Waals surface area contributed by atoms with Crippen molar-refractivity contribution in [2.45, 2.75) is 51.2 Å². The zero-order chi connectivity index (χ0) is 13.9. The van der Waals surface area contributed by atoms with Gasteiger partial charge in [0.2, 0.25) is 0 Å². The second-order valence-electron chi connectivity index (χ2n) is 5.68. The molecule has 3 heteroatoms. The van der Waals surface area contributed by atoms with Gasteiger partial charge >= 0.3 is 0 Å². The van der Waals surface area contributed by atoms with Gasteiger partial charge in [-0.3, -0.25) is 4.90 Å². The number of halogens is 1. The summed E-state index contributed by atoms with van der Waals surface area (Å²) in [6, 6.07) is 7.64. The molecule has 1 aromatic carbocycles. The van der Waals surface area contributed by atoms with Crippen molar-refractivity contribution in [3.05, 3.63) is 34.9 Å². The summed E-state index contributed by atoms with van der Waals surface area (Å²) < 4.78 is 0. The highest BCUT2D eigenvalue weighted by atomic mass is 35.5. The molecule has 2 nitrogen and oxygen atoms in total. The Labute approximate surface area is 121 Å². The summed E-state index contributed by atoms with van der Waals surface area (Å²) in [4.78, 5) is 2.44. The fourth-order valence-electron chi connectivity index (χ4n) is 3.03. The van der Waals surface area contributed by atoms with E-state index in [4.69, 9.17) is 11.6 Å². The second-order valence-corrected chi connectivity index (χ2v) is 6.09. The molecule has 0 bridgehead atoms. The lowest BCUT2D eigenvalue weighted by molar-refractivity contribution is -0.0351. The lowest BCUT2D eigenvalue weighted by Crippen LogP contribution is -2.52. The summed E-state index contributed by atoms with van der Waals surface area (Å²) >= 11 is 6.24. The zero-order valence-electron chi connectivity index (χ0n) is 11.9. The van der Waals surface area contributed by atoms with Crippen molar-refractivity contribution in [1.29, 1.82) is 0 Å². The van der Waals surface area contributed by atoms with Gasteiger partial charge in [0, 0.05) is 16.1 Å². The Kier molecular flexibility index (Phi) is 4.88. The molecular weight excluding hydrogens is 258 g/mol. The van der Waals surface area contributed by atoms with Crippen molar-refractivity contribution in [1.82, 2.24) is 4.90 Å². The standard InChI is InChI=1S/C16H24ClNO/c1-3-16(2,18-11-7-4-8-12-18)15(19)13-9-5-6-10-14(13)17/h5-6,9-10,15,19H,3-4,7-8,11-12H2,1-2H3. The molecule has 1 heterocycles. The Morgan fingerprint density at radius 3 is 2.47 bits per heavy atom. The van der Waals surface area contributed by atoms with Crippen LogP contribution < -0.4 is 0 Å². The van der Waals surface area contributed by atoms with Crippen LogP contribution in [0.2, 0.25) is 5.02 Å². The van der Waals surface area contributed by atoms with E-state index in [2.05, 4.69) is 18.7 Å². The SMILES string of the molecule is CCC(C)(C(O)c1ccccc1Cl)N1CCCCC1. The normalized spacial score (nSPS) is 21.9. The summed E-state index contributed by atoms with van der Waals surface area (Å²) in [5.41, 5.74) is 0.616.